The van der Waals surface area contributed by atoms with E-state index in [0.717, 1.165) is 22.3 Å². The summed E-state index contributed by atoms with van der Waals surface area (Å²) in [4.78, 5) is 58.0. The zero-order chi connectivity index (χ0) is 51.0. The number of benzene rings is 6. The summed E-state index contributed by atoms with van der Waals surface area (Å²) in [6.45, 7) is 3.96. The Bertz CT molecular complexity index is 2650. The Kier molecular flexibility index (Phi) is 18.9. The maximum atomic E-state index is 13.8. The minimum absolute atomic E-state index is 0.122. The summed E-state index contributed by atoms with van der Waals surface area (Å²) >= 11 is 12.5. The molecular weight excluding hydrogens is 944 g/mol. The Labute approximate surface area is 433 Å². The fourth-order valence-electron chi connectivity index (χ4n) is 8.75. The van der Waals surface area contributed by atoms with Gasteiger partial charge in [0.05, 0.1) is 35.4 Å². The van der Waals surface area contributed by atoms with Gasteiger partial charge in [0.2, 0.25) is 11.8 Å². The number of halogens is 2. The first-order valence-corrected chi connectivity index (χ1v) is 25.1. The maximum absolute atomic E-state index is 13.8. The van der Waals surface area contributed by atoms with Gasteiger partial charge in [0.15, 0.2) is 0 Å². The topological polar surface area (TPSA) is 117 Å². The van der Waals surface area contributed by atoms with Crippen molar-refractivity contribution in [2.45, 2.75) is 88.7 Å². The number of carbonyl (C=O) groups excluding carboxylic acids is 4. The zero-order valence-corrected chi connectivity index (χ0v) is 42.6. The van der Waals surface area contributed by atoms with Crippen LogP contribution in [0, 0.1) is 0 Å². The van der Waals surface area contributed by atoms with Crippen molar-refractivity contribution in [3.8, 4) is 11.5 Å². The second-order valence-corrected chi connectivity index (χ2v) is 19.1. The third-order valence-electron chi connectivity index (χ3n) is 12.8. The van der Waals surface area contributed by atoms with Crippen molar-refractivity contribution in [2.24, 2.45) is 0 Å². The van der Waals surface area contributed by atoms with Gasteiger partial charge in [-0.15, -0.1) is 0 Å². The highest BCUT2D eigenvalue weighted by Gasteiger charge is 2.33. The van der Waals surface area contributed by atoms with E-state index in [0.29, 0.717) is 71.2 Å². The van der Waals surface area contributed by atoms with Crippen molar-refractivity contribution in [1.29, 1.82) is 0 Å². The number of likely N-dealkylation sites (N-methyl/N-ethyl adjacent to an activating group) is 2. The highest BCUT2D eigenvalue weighted by molar-refractivity contribution is 6.31. The van der Waals surface area contributed by atoms with Gasteiger partial charge in [0, 0.05) is 49.8 Å². The Balaban J connectivity index is 0.000000211. The normalized spacial score (nSPS) is 22.1. The minimum Gasteiger partial charge on any atom is -0.490 e. The van der Waals surface area contributed by atoms with Crippen LogP contribution in [0.1, 0.15) is 94.6 Å². The van der Waals surface area contributed by atoms with E-state index in [4.69, 9.17) is 32.7 Å². The molecule has 0 unspecified atom stereocenters. The first-order chi connectivity index (χ1) is 34.8. The van der Waals surface area contributed by atoms with Crippen LogP contribution in [0.15, 0.2) is 182 Å². The second kappa shape index (κ2) is 25.8. The fraction of sp³-hybridized carbons (Fsp3) is 0.267. The Hall–Kier alpha value is -7.14. The van der Waals surface area contributed by atoms with E-state index < -0.39 is 12.1 Å². The first-order valence-electron chi connectivity index (χ1n) is 24.4. The monoisotopic (exact) mass is 1000 g/mol. The molecular formula is C60H62Cl2N4O6. The summed E-state index contributed by atoms with van der Waals surface area (Å²) in [5.74, 6) is 0.0568. The van der Waals surface area contributed by atoms with E-state index >= 15 is 0 Å². The Morgan fingerprint density at radius 2 is 0.833 bits per heavy atom. The van der Waals surface area contributed by atoms with Crippen molar-refractivity contribution in [3.63, 3.8) is 0 Å². The quantitative estimate of drug-likeness (QED) is 0.161. The van der Waals surface area contributed by atoms with E-state index in [1.54, 1.807) is 38.4 Å². The predicted octanol–water partition coefficient (Wildman–Crippen LogP) is 12.0. The molecule has 4 amide bonds. The second-order valence-electron chi connectivity index (χ2n) is 18.2. The lowest BCUT2D eigenvalue weighted by molar-refractivity contribution is -0.126. The number of hydrogen-bond acceptors (Lipinski definition) is 6. The molecule has 0 radical (unpaired) electrons. The Morgan fingerprint density at radius 3 is 1.22 bits per heavy atom. The summed E-state index contributed by atoms with van der Waals surface area (Å²) in [5.41, 5.74) is 4.63. The van der Waals surface area contributed by atoms with Gasteiger partial charge in [-0.3, -0.25) is 19.2 Å². The van der Waals surface area contributed by atoms with E-state index in [-0.39, 0.29) is 47.9 Å². The van der Waals surface area contributed by atoms with Crippen LogP contribution >= 0.6 is 23.2 Å². The SMILES string of the molecule is C[C@H]1C/C=C/C[C@H](c2cccc(Cl)c2)NC(=O)[C@H](Cc2ccccc2)N(C)C(=O)c2ccccc2O1.C[C@H]1C/C=C\C[C@H](c2cccc(Cl)c2)NC(=O)[C@H](Cc2ccccc2)N(C)C(=O)c2ccccc2O1. The van der Waals surface area contributed by atoms with Crippen LogP contribution in [0.5, 0.6) is 11.5 Å². The largest absolute Gasteiger partial charge is 0.490 e. The molecule has 72 heavy (non-hydrogen) atoms. The average Bonchev–Trinajstić information content (AvgIpc) is 3.38. The van der Waals surface area contributed by atoms with Crippen LogP contribution in [0.25, 0.3) is 0 Å². The van der Waals surface area contributed by atoms with Crippen LogP contribution in [0.2, 0.25) is 10.0 Å². The molecule has 372 valence electrons. The van der Waals surface area contributed by atoms with Crippen molar-refractivity contribution < 1.29 is 28.7 Å². The van der Waals surface area contributed by atoms with E-state index in [1.165, 1.54) is 9.80 Å². The average molecular weight is 1010 g/mol. The molecule has 0 fully saturated rings. The number of ether oxygens (including phenoxy) is 2. The Morgan fingerprint density at radius 1 is 0.472 bits per heavy atom. The van der Waals surface area contributed by atoms with Crippen LogP contribution in [-0.4, -0.2) is 71.8 Å². The molecule has 2 aliphatic heterocycles. The van der Waals surface area contributed by atoms with Gasteiger partial charge in [0.25, 0.3) is 11.8 Å². The number of nitrogens with one attached hydrogen (secondary N) is 2. The number of amides is 4. The van der Waals surface area contributed by atoms with Crippen molar-refractivity contribution >= 4 is 46.8 Å². The molecule has 0 spiro atoms. The van der Waals surface area contributed by atoms with Crippen LogP contribution in [0.4, 0.5) is 0 Å². The van der Waals surface area contributed by atoms with Gasteiger partial charge in [-0.2, -0.15) is 0 Å². The highest BCUT2D eigenvalue weighted by Crippen LogP contribution is 2.29. The van der Waals surface area contributed by atoms with E-state index in [9.17, 15) is 19.2 Å². The molecule has 10 nitrogen and oxygen atoms in total. The third kappa shape index (κ3) is 14.5. The number of hydrogen-bond donors (Lipinski definition) is 2. The van der Waals surface area contributed by atoms with E-state index in [1.807, 2.05) is 147 Å². The van der Waals surface area contributed by atoms with Gasteiger partial charge >= 0.3 is 0 Å². The van der Waals surface area contributed by atoms with Crippen LogP contribution in [0.3, 0.4) is 0 Å². The van der Waals surface area contributed by atoms with Crippen molar-refractivity contribution in [2.75, 3.05) is 14.1 Å². The van der Waals surface area contributed by atoms with Crippen LogP contribution < -0.4 is 20.1 Å². The number of rotatable bonds is 6. The molecule has 6 aromatic rings. The summed E-state index contributed by atoms with van der Waals surface area (Å²) in [5, 5.41) is 7.61. The van der Waals surface area contributed by atoms with Gasteiger partial charge in [-0.25, -0.2) is 0 Å². The molecule has 2 heterocycles. The van der Waals surface area contributed by atoms with E-state index in [2.05, 4.69) is 34.9 Å². The van der Waals surface area contributed by atoms with Gasteiger partial charge in [-0.05, 0) is 97.5 Å². The molecule has 0 saturated carbocycles. The summed E-state index contributed by atoms with van der Waals surface area (Å²) in [7, 11) is 3.35. The summed E-state index contributed by atoms with van der Waals surface area (Å²) < 4.78 is 12.3. The lowest BCUT2D eigenvalue weighted by Gasteiger charge is -2.30. The number of carbonyl (C=O) groups is 4. The van der Waals surface area contributed by atoms with Crippen LogP contribution in [-0.2, 0) is 22.4 Å². The smallest absolute Gasteiger partial charge is 0.258 e. The molecule has 8 rings (SSSR count). The molecule has 0 bridgehead atoms. The molecule has 0 aliphatic carbocycles. The third-order valence-corrected chi connectivity index (χ3v) is 13.2. The molecule has 0 aromatic heterocycles. The van der Waals surface area contributed by atoms with Crippen molar-refractivity contribution in [3.05, 3.63) is 225 Å². The lowest BCUT2D eigenvalue weighted by Crippen LogP contribution is -2.49. The number of para-hydroxylation sites is 2. The molecule has 12 heteroatoms. The molecule has 6 atom stereocenters. The maximum Gasteiger partial charge on any atom is 0.258 e. The number of fused-ring (bicyclic) bond motifs is 2. The first kappa shape index (κ1) is 52.7. The summed E-state index contributed by atoms with van der Waals surface area (Å²) in [6, 6.07) is 46.9. The predicted molar refractivity (Wildman–Crippen MR) is 287 cm³/mol. The molecule has 2 aliphatic rings. The van der Waals surface area contributed by atoms with Crippen molar-refractivity contribution in [1.82, 2.24) is 20.4 Å². The lowest BCUT2D eigenvalue weighted by atomic mass is 9.99. The highest BCUT2D eigenvalue weighted by atomic mass is 35.5. The fourth-order valence-corrected chi connectivity index (χ4v) is 9.15. The number of nitrogens with zero attached hydrogens (tertiary/aromatic N) is 2. The molecule has 0 saturated heterocycles. The zero-order valence-electron chi connectivity index (χ0n) is 41.1. The molecule has 2 N–H and O–H groups in total. The van der Waals surface area contributed by atoms with Gasteiger partial charge in [-0.1, -0.05) is 157 Å². The van der Waals surface area contributed by atoms with Gasteiger partial charge in [0.1, 0.15) is 23.6 Å². The minimum atomic E-state index is -0.723. The summed E-state index contributed by atoms with van der Waals surface area (Å²) in [6.07, 6.45) is 11.3. The molecule has 6 aromatic carbocycles. The van der Waals surface area contributed by atoms with Gasteiger partial charge < -0.3 is 29.9 Å². The standard InChI is InChI=1S/2C30H31ClN2O3/c2*1-21-11-6-8-17-26(23-14-10-15-24(31)20-23)32-29(34)27(19-22-12-4-3-5-13-22)33(2)30(35)25-16-7-9-18-28(25)36-21/h2*3-10,12-16,18,20-21,26-27H,11,17,19H2,1-2H3,(H,32,34)/b8-6+;8-6-/t2*21-,26+,27-/m00/s1.